The van der Waals surface area contributed by atoms with E-state index in [0.29, 0.717) is 44.6 Å². The third kappa shape index (κ3) is 8.68. The van der Waals surface area contributed by atoms with E-state index in [1.807, 2.05) is 54.1 Å². The van der Waals surface area contributed by atoms with Crippen LogP contribution >= 0.6 is 0 Å². The molecular weight excluding hydrogens is 568 g/mol. The first-order valence-electron chi connectivity index (χ1n) is 15.5. The summed E-state index contributed by atoms with van der Waals surface area (Å²) < 4.78 is 1.91. The summed E-state index contributed by atoms with van der Waals surface area (Å²) in [5.41, 5.74) is 2.53. The fourth-order valence-electron chi connectivity index (χ4n) is 5.47. The number of amides is 2. The average molecular weight is 611 g/mol. The third-order valence-electron chi connectivity index (χ3n) is 7.88. The molecule has 0 bridgehead atoms. The summed E-state index contributed by atoms with van der Waals surface area (Å²) in [5.74, 6) is 1.10. The number of aliphatic hydroxyl groups excluding tert-OH is 1. The van der Waals surface area contributed by atoms with Gasteiger partial charge in [-0.2, -0.15) is 0 Å². The van der Waals surface area contributed by atoms with E-state index in [0.717, 1.165) is 46.8 Å². The number of carbonyl (C=O) groups excluding carboxylic acids is 2. The second-order valence-corrected chi connectivity index (χ2v) is 11.1. The van der Waals surface area contributed by atoms with Gasteiger partial charge in [-0.25, -0.2) is 4.98 Å². The molecule has 0 aliphatic carbocycles. The number of hydrogen-bond acceptors (Lipinski definition) is 8. The predicted octanol–water partition coefficient (Wildman–Crippen LogP) is 2.62. The van der Waals surface area contributed by atoms with Crippen molar-refractivity contribution in [3.63, 3.8) is 0 Å². The van der Waals surface area contributed by atoms with E-state index in [4.69, 9.17) is 0 Å². The van der Waals surface area contributed by atoms with Crippen LogP contribution in [-0.4, -0.2) is 64.7 Å². The molecule has 0 radical (unpaired) electrons. The van der Waals surface area contributed by atoms with Gasteiger partial charge in [-0.3, -0.25) is 14.6 Å². The first-order valence-corrected chi connectivity index (χ1v) is 15.5. The lowest BCUT2D eigenvalue weighted by Gasteiger charge is -2.23. The van der Waals surface area contributed by atoms with Crippen molar-refractivity contribution >= 4 is 28.5 Å². The lowest BCUT2D eigenvalue weighted by Crippen LogP contribution is -2.47. The van der Waals surface area contributed by atoms with E-state index < -0.39 is 6.04 Å². The van der Waals surface area contributed by atoms with Crippen molar-refractivity contribution in [2.75, 3.05) is 26.2 Å². The van der Waals surface area contributed by atoms with E-state index in [9.17, 15) is 14.7 Å². The Morgan fingerprint density at radius 3 is 2.64 bits per heavy atom. The molecule has 2 heterocycles. The summed E-state index contributed by atoms with van der Waals surface area (Å²) in [6.07, 6.45) is 4.70. The van der Waals surface area contributed by atoms with Crippen LogP contribution in [0.15, 0.2) is 84.1 Å². The van der Waals surface area contributed by atoms with Crippen molar-refractivity contribution < 1.29 is 14.7 Å². The zero-order valence-electron chi connectivity index (χ0n) is 25.6. The number of aliphatic imine (C=N–C) groups is 1. The summed E-state index contributed by atoms with van der Waals surface area (Å²) in [6.45, 7) is 5.89. The number of aromatic nitrogens is 2. The molecule has 0 spiro atoms. The first-order chi connectivity index (χ1) is 22.0. The number of benzene rings is 3. The Morgan fingerprint density at radius 1 is 1.02 bits per heavy atom. The smallest absolute Gasteiger partial charge is 0.251 e. The molecule has 2 atom stereocenters. The minimum absolute atomic E-state index is 0.0583. The van der Waals surface area contributed by atoms with Gasteiger partial charge in [-0.15, -0.1) is 0 Å². The molecule has 1 aliphatic heterocycles. The van der Waals surface area contributed by atoms with Crippen LogP contribution in [0.2, 0.25) is 0 Å². The third-order valence-corrected chi connectivity index (χ3v) is 7.88. The molecule has 11 nitrogen and oxygen atoms in total. The maximum Gasteiger partial charge on any atom is 0.251 e. The standard InChI is InChI=1S/C34H42N8O3/c1-24(28-9-4-7-26-6-2-3-8-29(26)28)40-33(45)30(10-5-15-37-34-38-16-17-39-34)41-32(44)27-13-11-25(12-14-27)22-35-23-31-36-18-19-42(31)20-21-43/h2-4,6-9,11-14,18-19,24,30,35,43H,5,10,15-17,20-23H2,1H3,(H,40,45)(H,41,44)(H2,37,38,39)/t24-,30-/m0/s1. The van der Waals surface area contributed by atoms with Crippen LogP contribution in [0, 0.1) is 0 Å². The topological polar surface area (TPSA) is 145 Å². The van der Waals surface area contributed by atoms with Gasteiger partial charge in [0.2, 0.25) is 5.91 Å². The molecular formula is C34H42N8O3. The number of fused-ring (bicyclic) bond motifs is 1. The Labute approximate surface area is 263 Å². The van der Waals surface area contributed by atoms with Crippen LogP contribution in [-0.2, 0) is 24.4 Å². The van der Waals surface area contributed by atoms with Gasteiger partial charge in [0.05, 0.1) is 25.7 Å². The molecule has 4 aromatic rings. The number of guanidine groups is 1. The van der Waals surface area contributed by atoms with Gasteiger partial charge >= 0.3 is 0 Å². The van der Waals surface area contributed by atoms with Crippen LogP contribution in [0.5, 0.6) is 0 Å². The van der Waals surface area contributed by atoms with Crippen molar-refractivity contribution in [1.29, 1.82) is 0 Å². The molecule has 236 valence electrons. The lowest BCUT2D eigenvalue weighted by atomic mass is 9.99. The fourth-order valence-corrected chi connectivity index (χ4v) is 5.47. The van der Waals surface area contributed by atoms with Gasteiger partial charge in [0, 0.05) is 44.1 Å². The van der Waals surface area contributed by atoms with Gasteiger partial charge in [0.15, 0.2) is 5.96 Å². The predicted molar refractivity (Wildman–Crippen MR) is 176 cm³/mol. The number of aliphatic hydroxyl groups is 1. The van der Waals surface area contributed by atoms with Gasteiger partial charge in [0.25, 0.3) is 5.91 Å². The number of nitrogens with zero attached hydrogens (tertiary/aromatic N) is 3. The zero-order valence-corrected chi connectivity index (χ0v) is 25.6. The largest absolute Gasteiger partial charge is 0.395 e. The monoisotopic (exact) mass is 610 g/mol. The highest BCUT2D eigenvalue weighted by Crippen LogP contribution is 2.24. The molecule has 3 aromatic carbocycles. The Hall–Kier alpha value is -4.74. The molecule has 5 rings (SSSR count). The molecule has 1 aromatic heterocycles. The van der Waals surface area contributed by atoms with Crippen LogP contribution < -0.4 is 26.6 Å². The summed E-state index contributed by atoms with van der Waals surface area (Å²) >= 11 is 0. The fraction of sp³-hybridized carbons (Fsp3) is 0.353. The van der Waals surface area contributed by atoms with Crippen molar-refractivity contribution in [3.8, 4) is 0 Å². The molecule has 45 heavy (non-hydrogen) atoms. The number of rotatable bonds is 15. The van der Waals surface area contributed by atoms with E-state index >= 15 is 0 Å². The van der Waals surface area contributed by atoms with Crippen molar-refractivity contribution in [1.82, 2.24) is 36.1 Å². The second-order valence-electron chi connectivity index (χ2n) is 11.1. The van der Waals surface area contributed by atoms with Crippen LogP contribution in [0.25, 0.3) is 10.8 Å². The highest BCUT2D eigenvalue weighted by Gasteiger charge is 2.24. The van der Waals surface area contributed by atoms with Gasteiger partial charge in [-0.05, 0) is 53.8 Å². The number of nitrogens with one attached hydrogen (secondary N) is 5. The zero-order chi connectivity index (χ0) is 31.4. The Balaban J connectivity index is 1.19. The van der Waals surface area contributed by atoms with E-state index in [1.165, 1.54) is 0 Å². The van der Waals surface area contributed by atoms with E-state index in [1.54, 1.807) is 18.3 Å². The maximum atomic E-state index is 13.6. The first kappa shape index (κ1) is 31.7. The molecule has 2 amide bonds. The maximum absolute atomic E-state index is 13.6. The lowest BCUT2D eigenvalue weighted by molar-refractivity contribution is -0.123. The highest BCUT2D eigenvalue weighted by atomic mass is 16.3. The van der Waals surface area contributed by atoms with Gasteiger partial charge in [0.1, 0.15) is 11.9 Å². The van der Waals surface area contributed by atoms with E-state index in [-0.39, 0.29) is 24.5 Å². The van der Waals surface area contributed by atoms with Gasteiger partial charge < -0.3 is 36.3 Å². The molecule has 0 fully saturated rings. The molecule has 6 N–H and O–H groups in total. The molecule has 0 saturated carbocycles. The normalized spacial score (nSPS) is 14.0. The Kier molecular flexibility index (Phi) is 11.1. The average Bonchev–Trinajstić information content (AvgIpc) is 3.75. The molecule has 1 aliphatic rings. The van der Waals surface area contributed by atoms with Crippen LogP contribution in [0.4, 0.5) is 0 Å². The summed E-state index contributed by atoms with van der Waals surface area (Å²) in [4.78, 5) is 35.6. The summed E-state index contributed by atoms with van der Waals surface area (Å²) in [5, 5.41) is 27.3. The second kappa shape index (κ2) is 15.8. The number of imidazole rings is 1. The Morgan fingerprint density at radius 2 is 1.84 bits per heavy atom. The number of carbonyl (C=O) groups is 2. The summed E-state index contributed by atoms with van der Waals surface area (Å²) in [6, 6.07) is 20.6. The molecule has 0 unspecified atom stereocenters. The van der Waals surface area contributed by atoms with Gasteiger partial charge in [-0.1, -0.05) is 54.6 Å². The van der Waals surface area contributed by atoms with Crippen LogP contribution in [0.1, 0.15) is 53.1 Å². The molecule has 0 saturated heterocycles. The summed E-state index contributed by atoms with van der Waals surface area (Å²) in [7, 11) is 0. The minimum Gasteiger partial charge on any atom is -0.395 e. The highest BCUT2D eigenvalue weighted by molar-refractivity contribution is 5.97. The molecule has 11 heteroatoms. The Bertz CT molecular complexity index is 1600. The minimum atomic E-state index is -0.709. The van der Waals surface area contributed by atoms with Crippen molar-refractivity contribution in [2.45, 2.75) is 51.5 Å². The SMILES string of the molecule is C[C@H](NC(=O)[C@H](CCCNC1=NCCN1)NC(=O)c1ccc(CNCc2nccn2CCO)cc1)c1cccc2ccccc12. The van der Waals surface area contributed by atoms with Crippen LogP contribution in [0.3, 0.4) is 0 Å². The van der Waals surface area contributed by atoms with Crippen molar-refractivity contribution in [2.24, 2.45) is 4.99 Å². The quantitative estimate of drug-likeness (QED) is 0.114. The van der Waals surface area contributed by atoms with Crippen molar-refractivity contribution in [3.05, 3.63) is 102 Å². The van der Waals surface area contributed by atoms with E-state index in [2.05, 4.69) is 54.8 Å². The number of hydrogen-bond donors (Lipinski definition) is 6.